The van der Waals surface area contributed by atoms with Crippen LogP contribution in [0.25, 0.3) is 0 Å². The number of hydrogen-bond acceptors (Lipinski definition) is 3. The lowest BCUT2D eigenvalue weighted by molar-refractivity contribution is -0.150. The third kappa shape index (κ3) is 4.09. The maximum absolute atomic E-state index is 11.9. The molecule has 0 aromatic carbocycles. The van der Waals surface area contributed by atoms with E-state index >= 15 is 0 Å². The first-order valence-electron chi connectivity index (χ1n) is 3.93. The topological polar surface area (TPSA) is 43.4 Å². The average Bonchev–Trinajstić information content (AvgIpc) is 2.03. The molecule has 0 saturated carbocycles. The van der Waals surface area contributed by atoms with Crippen molar-refractivity contribution in [1.29, 1.82) is 0 Å². The number of unbranched alkanes of at least 4 members (excludes halogenated alkanes) is 1. The van der Waals surface area contributed by atoms with Gasteiger partial charge in [0.25, 0.3) is 0 Å². The van der Waals surface area contributed by atoms with Gasteiger partial charge >= 0.3 is 12.1 Å². The van der Waals surface area contributed by atoms with Crippen molar-refractivity contribution in [2.24, 2.45) is 0 Å². The molecule has 80 valence electrons. The van der Waals surface area contributed by atoms with Gasteiger partial charge in [0, 0.05) is 0 Å². The lowest BCUT2D eigenvalue weighted by Gasteiger charge is -2.07. The summed E-state index contributed by atoms with van der Waals surface area (Å²) in [5.74, 6) is -1.13. The van der Waals surface area contributed by atoms with Crippen LogP contribution in [0.1, 0.15) is 19.8 Å². The largest absolute Gasteiger partial charge is 0.462 e. The molecular weight excluding hydrogens is 201 g/mol. The highest BCUT2D eigenvalue weighted by molar-refractivity contribution is 5.98. The van der Waals surface area contributed by atoms with Crippen LogP contribution in [0.15, 0.2) is 5.57 Å². The Kier molecular flexibility index (Phi) is 4.94. The first-order valence-corrected chi connectivity index (χ1v) is 3.93. The summed E-state index contributed by atoms with van der Waals surface area (Å²) in [4.78, 5) is 20.5. The predicted octanol–water partition coefficient (Wildman–Crippen LogP) is 1.65. The van der Waals surface area contributed by atoms with Crippen LogP contribution < -0.4 is 0 Å². The molecule has 0 atom stereocenters. The summed E-state index contributed by atoms with van der Waals surface area (Å²) in [5.41, 5.74) is -1.92. The van der Waals surface area contributed by atoms with Gasteiger partial charge in [-0.1, -0.05) is 13.3 Å². The standard InChI is InChI=1S/C8H9F3O3/c1-2-3-4-14-7(13)6(5-12)8(9,10)11/h2-4H2,1H3. The number of ether oxygens (including phenoxy) is 1. The van der Waals surface area contributed by atoms with Crippen LogP contribution in [0.5, 0.6) is 0 Å². The molecule has 14 heavy (non-hydrogen) atoms. The van der Waals surface area contributed by atoms with Crippen molar-refractivity contribution >= 4 is 11.9 Å². The Morgan fingerprint density at radius 3 is 2.36 bits per heavy atom. The predicted molar refractivity (Wildman–Crippen MR) is 41.1 cm³/mol. The zero-order valence-corrected chi connectivity index (χ0v) is 7.48. The van der Waals surface area contributed by atoms with Crippen molar-refractivity contribution in [3.05, 3.63) is 5.57 Å². The Labute approximate surface area is 78.5 Å². The van der Waals surface area contributed by atoms with Crippen LogP contribution in [0.4, 0.5) is 13.2 Å². The first kappa shape index (κ1) is 12.7. The van der Waals surface area contributed by atoms with E-state index in [0.717, 1.165) is 0 Å². The fraction of sp³-hybridized carbons (Fsp3) is 0.625. The summed E-state index contributed by atoms with van der Waals surface area (Å²) in [6, 6.07) is 0. The van der Waals surface area contributed by atoms with Gasteiger partial charge in [0.2, 0.25) is 5.57 Å². The van der Waals surface area contributed by atoms with Gasteiger partial charge in [0.05, 0.1) is 6.61 Å². The molecule has 0 aliphatic rings. The highest BCUT2D eigenvalue weighted by Crippen LogP contribution is 2.24. The molecule has 0 aliphatic heterocycles. The van der Waals surface area contributed by atoms with E-state index in [1.165, 1.54) is 0 Å². The van der Waals surface area contributed by atoms with E-state index in [4.69, 9.17) is 0 Å². The number of halogens is 3. The lowest BCUT2D eigenvalue weighted by atomic mass is 10.3. The maximum Gasteiger partial charge on any atom is 0.433 e. The molecule has 3 nitrogen and oxygen atoms in total. The van der Waals surface area contributed by atoms with Crippen molar-refractivity contribution in [1.82, 2.24) is 0 Å². The lowest BCUT2D eigenvalue weighted by Crippen LogP contribution is -2.23. The number of hydrogen-bond donors (Lipinski definition) is 0. The van der Waals surface area contributed by atoms with Gasteiger partial charge in [-0.2, -0.15) is 13.2 Å². The molecule has 0 fully saturated rings. The van der Waals surface area contributed by atoms with E-state index in [0.29, 0.717) is 18.8 Å². The van der Waals surface area contributed by atoms with Gasteiger partial charge in [-0.15, -0.1) is 0 Å². The second-order valence-corrected chi connectivity index (χ2v) is 2.46. The second-order valence-electron chi connectivity index (χ2n) is 2.46. The molecular formula is C8H9F3O3. The number of alkyl halides is 3. The van der Waals surface area contributed by atoms with E-state index < -0.39 is 17.7 Å². The fourth-order valence-electron chi connectivity index (χ4n) is 0.597. The van der Waals surface area contributed by atoms with Crippen molar-refractivity contribution in [2.45, 2.75) is 25.9 Å². The van der Waals surface area contributed by atoms with E-state index in [1.54, 1.807) is 6.92 Å². The fourth-order valence-corrected chi connectivity index (χ4v) is 0.597. The van der Waals surface area contributed by atoms with Crippen LogP contribution in [0.3, 0.4) is 0 Å². The van der Waals surface area contributed by atoms with Crippen molar-refractivity contribution in [2.75, 3.05) is 6.61 Å². The third-order valence-corrected chi connectivity index (χ3v) is 1.32. The quantitative estimate of drug-likeness (QED) is 0.306. The zero-order chi connectivity index (χ0) is 11.2. The van der Waals surface area contributed by atoms with E-state index in [2.05, 4.69) is 4.74 Å². The number of carbonyl (C=O) groups is 1. The van der Waals surface area contributed by atoms with E-state index in [9.17, 15) is 22.8 Å². The Morgan fingerprint density at radius 2 is 2.00 bits per heavy atom. The zero-order valence-electron chi connectivity index (χ0n) is 7.48. The minimum atomic E-state index is -4.99. The molecule has 0 amide bonds. The molecule has 0 heterocycles. The average molecular weight is 210 g/mol. The van der Waals surface area contributed by atoms with Gasteiger partial charge in [0.1, 0.15) is 5.94 Å². The summed E-state index contributed by atoms with van der Waals surface area (Å²) < 4.78 is 39.8. The van der Waals surface area contributed by atoms with Crippen LogP contribution >= 0.6 is 0 Å². The molecule has 0 rings (SSSR count). The summed E-state index contributed by atoms with van der Waals surface area (Å²) in [6.45, 7) is 1.66. The van der Waals surface area contributed by atoms with Crippen molar-refractivity contribution in [3.8, 4) is 0 Å². The summed E-state index contributed by atoms with van der Waals surface area (Å²) >= 11 is 0. The van der Waals surface area contributed by atoms with Gasteiger partial charge < -0.3 is 4.74 Å². The van der Waals surface area contributed by atoms with Crippen LogP contribution in [-0.4, -0.2) is 24.7 Å². The molecule has 0 bridgehead atoms. The minimum Gasteiger partial charge on any atom is -0.462 e. The molecule has 0 N–H and O–H groups in total. The highest BCUT2D eigenvalue weighted by atomic mass is 19.4. The van der Waals surface area contributed by atoms with E-state index in [1.807, 2.05) is 0 Å². The summed E-state index contributed by atoms with van der Waals surface area (Å²) in [6.07, 6.45) is -3.86. The Bertz CT molecular complexity index is 251. The Balaban J connectivity index is 4.30. The molecule has 6 heteroatoms. The number of carbonyl (C=O) groups excluding carboxylic acids is 2. The second kappa shape index (κ2) is 5.44. The van der Waals surface area contributed by atoms with Gasteiger partial charge in [-0.05, 0) is 6.42 Å². The van der Waals surface area contributed by atoms with Crippen LogP contribution in [0.2, 0.25) is 0 Å². The van der Waals surface area contributed by atoms with Gasteiger partial charge in [0.15, 0.2) is 0 Å². The minimum absolute atomic E-state index is 0.128. The van der Waals surface area contributed by atoms with Gasteiger partial charge in [-0.25, -0.2) is 9.59 Å². The smallest absolute Gasteiger partial charge is 0.433 e. The maximum atomic E-state index is 11.9. The third-order valence-electron chi connectivity index (χ3n) is 1.32. The summed E-state index contributed by atoms with van der Waals surface area (Å²) in [5, 5.41) is 0. The highest BCUT2D eigenvalue weighted by Gasteiger charge is 2.41. The Morgan fingerprint density at radius 1 is 1.43 bits per heavy atom. The number of rotatable bonds is 4. The van der Waals surface area contributed by atoms with Crippen LogP contribution in [0, 0.1) is 0 Å². The molecule has 0 radical (unpaired) electrons. The summed E-state index contributed by atoms with van der Waals surface area (Å²) in [7, 11) is 0. The van der Waals surface area contributed by atoms with Crippen molar-refractivity contribution in [3.63, 3.8) is 0 Å². The van der Waals surface area contributed by atoms with E-state index in [-0.39, 0.29) is 6.61 Å². The normalized spacial score (nSPS) is 10.6. The molecule has 0 saturated heterocycles. The monoisotopic (exact) mass is 210 g/mol. The molecule has 0 aromatic rings. The van der Waals surface area contributed by atoms with Crippen LogP contribution in [-0.2, 0) is 14.3 Å². The molecule has 0 unspecified atom stereocenters. The molecule has 0 aliphatic carbocycles. The molecule has 0 spiro atoms. The first-order chi connectivity index (χ1) is 6.43. The molecule has 0 aromatic heterocycles. The van der Waals surface area contributed by atoms with Gasteiger partial charge in [-0.3, -0.25) is 0 Å². The Hall–Kier alpha value is -1.29. The van der Waals surface area contributed by atoms with Crippen molar-refractivity contribution < 1.29 is 27.5 Å². The SMILES string of the molecule is CCCCOC(=O)C(=C=O)C(F)(F)F. The number of esters is 1.